The number of morpholine rings is 1. The third kappa shape index (κ3) is 7.39. The summed E-state index contributed by atoms with van der Waals surface area (Å²) in [6.07, 6.45) is 6.91. The normalized spacial score (nSPS) is 17.7. The highest BCUT2D eigenvalue weighted by Gasteiger charge is 2.22. The predicted molar refractivity (Wildman–Crippen MR) is 137 cm³/mol. The second-order valence-electron chi connectivity index (χ2n) is 9.26. The number of fused-ring (bicyclic) bond motifs is 1. The van der Waals surface area contributed by atoms with Crippen LogP contribution in [0.4, 0.5) is 5.69 Å². The van der Waals surface area contributed by atoms with Gasteiger partial charge in [-0.15, -0.1) is 0 Å². The van der Waals surface area contributed by atoms with Gasteiger partial charge in [0, 0.05) is 17.7 Å². The Kier molecular flexibility index (Phi) is 8.90. The standard InChI is InChI=1S/C28H35N3O4/c1-2-3-14-35-27(32)18-22-4-7-24-19-25(9-8-23(24)17-22)28(33)30-26-10-5-21(6-11-26)20-29-31-12-15-34-16-13-31/h5-6,8-11,19-20,22H,2-4,7,12-18H2,1H3,(H,30,33)/b29-20+. The lowest BCUT2D eigenvalue weighted by Gasteiger charge is -2.24. The number of anilines is 1. The molecule has 1 atom stereocenters. The molecule has 1 saturated heterocycles. The van der Waals surface area contributed by atoms with Crippen molar-refractivity contribution < 1.29 is 19.1 Å². The highest BCUT2D eigenvalue weighted by molar-refractivity contribution is 6.04. The molecule has 2 aromatic rings. The molecule has 7 heteroatoms. The monoisotopic (exact) mass is 477 g/mol. The molecule has 0 radical (unpaired) electrons. The Morgan fingerprint density at radius 2 is 1.94 bits per heavy atom. The lowest BCUT2D eigenvalue weighted by atomic mass is 9.81. The molecular weight excluding hydrogens is 442 g/mol. The predicted octanol–water partition coefficient (Wildman–Crippen LogP) is 4.44. The second-order valence-corrected chi connectivity index (χ2v) is 9.26. The maximum Gasteiger partial charge on any atom is 0.306 e. The summed E-state index contributed by atoms with van der Waals surface area (Å²) in [6.45, 7) is 5.62. The minimum Gasteiger partial charge on any atom is -0.466 e. The van der Waals surface area contributed by atoms with Gasteiger partial charge in [-0.1, -0.05) is 31.5 Å². The Bertz CT molecular complexity index is 1030. The fourth-order valence-corrected chi connectivity index (χ4v) is 4.44. The molecular formula is C28H35N3O4. The Morgan fingerprint density at radius 3 is 2.71 bits per heavy atom. The van der Waals surface area contributed by atoms with Crippen LogP contribution < -0.4 is 5.32 Å². The van der Waals surface area contributed by atoms with Gasteiger partial charge in [-0.2, -0.15) is 5.10 Å². The first-order chi connectivity index (χ1) is 17.1. The van der Waals surface area contributed by atoms with Crippen LogP contribution in [0.2, 0.25) is 0 Å². The fraction of sp³-hybridized carbons (Fsp3) is 0.464. The van der Waals surface area contributed by atoms with Crippen molar-refractivity contribution in [1.82, 2.24) is 5.01 Å². The molecule has 0 aromatic heterocycles. The van der Waals surface area contributed by atoms with Crippen molar-refractivity contribution in [1.29, 1.82) is 0 Å². The number of rotatable bonds is 9. The number of aryl methyl sites for hydroxylation is 1. The van der Waals surface area contributed by atoms with Gasteiger partial charge in [-0.05, 0) is 72.6 Å². The third-order valence-corrected chi connectivity index (χ3v) is 6.54. The fourth-order valence-electron chi connectivity index (χ4n) is 4.44. The van der Waals surface area contributed by atoms with Gasteiger partial charge < -0.3 is 14.8 Å². The van der Waals surface area contributed by atoms with E-state index in [1.54, 1.807) is 0 Å². The summed E-state index contributed by atoms with van der Waals surface area (Å²) in [5, 5.41) is 9.47. The van der Waals surface area contributed by atoms with Crippen LogP contribution in [0.15, 0.2) is 47.6 Å². The summed E-state index contributed by atoms with van der Waals surface area (Å²) in [5.74, 6) is 0.0899. The number of ether oxygens (including phenoxy) is 2. The molecule has 0 saturated carbocycles. The molecule has 2 aromatic carbocycles. The zero-order valence-corrected chi connectivity index (χ0v) is 20.5. The maximum atomic E-state index is 12.8. The van der Waals surface area contributed by atoms with Gasteiger partial charge >= 0.3 is 5.97 Å². The molecule has 35 heavy (non-hydrogen) atoms. The van der Waals surface area contributed by atoms with E-state index in [1.165, 1.54) is 11.1 Å². The molecule has 1 aliphatic carbocycles. The van der Waals surface area contributed by atoms with Crippen LogP contribution in [0.25, 0.3) is 0 Å². The minimum atomic E-state index is -0.121. The first kappa shape index (κ1) is 24.9. The summed E-state index contributed by atoms with van der Waals surface area (Å²) in [5.41, 5.74) is 4.80. The van der Waals surface area contributed by atoms with Crippen LogP contribution in [-0.2, 0) is 27.1 Å². The quantitative estimate of drug-likeness (QED) is 0.328. The summed E-state index contributed by atoms with van der Waals surface area (Å²) in [6, 6.07) is 13.6. The van der Waals surface area contributed by atoms with Crippen molar-refractivity contribution in [2.24, 2.45) is 11.0 Å². The first-order valence-electron chi connectivity index (χ1n) is 12.7. The molecule has 1 fully saturated rings. The highest BCUT2D eigenvalue weighted by atomic mass is 16.5. The SMILES string of the molecule is CCCCOC(=O)CC1CCc2cc(C(=O)Nc3ccc(/C=N/N4CCOCC4)cc3)ccc2C1. The Balaban J connectivity index is 1.29. The van der Waals surface area contributed by atoms with Crippen molar-refractivity contribution >= 4 is 23.8 Å². The molecule has 2 aliphatic rings. The Morgan fingerprint density at radius 1 is 1.14 bits per heavy atom. The number of hydrogen-bond acceptors (Lipinski definition) is 6. The van der Waals surface area contributed by atoms with Gasteiger partial charge in [-0.25, -0.2) is 0 Å². The molecule has 1 aliphatic heterocycles. The van der Waals surface area contributed by atoms with E-state index in [0.29, 0.717) is 37.7 Å². The average molecular weight is 478 g/mol. The van der Waals surface area contributed by atoms with Crippen LogP contribution in [0.5, 0.6) is 0 Å². The number of carbonyl (C=O) groups excluding carboxylic acids is 2. The van der Waals surface area contributed by atoms with Crippen LogP contribution >= 0.6 is 0 Å². The van der Waals surface area contributed by atoms with E-state index in [9.17, 15) is 9.59 Å². The molecule has 1 unspecified atom stereocenters. The summed E-state index contributed by atoms with van der Waals surface area (Å²) >= 11 is 0. The molecule has 186 valence electrons. The molecule has 7 nitrogen and oxygen atoms in total. The third-order valence-electron chi connectivity index (χ3n) is 6.54. The van der Waals surface area contributed by atoms with Crippen molar-refractivity contribution in [2.45, 2.75) is 45.4 Å². The number of hydrazone groups is 1. The number of hydrogen-bond donors (Lipinski definition) is 1. The summed E-state index contributed by atoms with van der Waals surface area (Å²) < 4.78 is 10.7. The van der Waals surface area contributed by atoms with Gasteiger partial charge in [0.2, 0.25) is 0 Å². The minimum absolute atomic E-state index is 0.0960. The van der Waals surface area contributed by atoms with E-state index in [0.717, 1.165) is 56.4 Å². The molecule has 0 spiro atoms. The van der Waals surface area contributed by atoms with E-state index in [4.69, 9.17) is 9.47 Å². The zero-order chi connectivity index (χ0) is 24.5. The molecule has 1 heterocycles. The van der Waals surface area contributed by atoms with Crippen LogP contribution in [0, 0.1) is 5.92 Å². The van der Waals surface area contributed by atoms with Crippen molar-refractivity contribution in [3.8, 4) is 0 Å². The number of amides is 1. The summed E-state index contributed by atoms with van der Waals surface area (Å²) in [7, 11) is 0. The van der Waals surface area contributed by atoms with E-state index < -0.39 is 0 Å². The van der Waals surface area contributed by atoms with Crippen LogP contribution in [-0.4, -0.2) is 56.0 Å². The number of nitrogens with one attached hydrogen (secondary N) is 1. The number of carbonyl (C=O) groups is 2. The Hall–Kier alpha value is -3.19. The summed E-state index contributed by atoms with van der Waals surface area (Å²) in [4.78, 5) is 24.9. The topological polar surface area (TPSA) is 80.2 Å². The van der Waals surface area contributed by atoms with E-state index in [-0.39, 0.29) is 11.9 Å². The molecule has 1 amide bonds. The van der Waals surface area contributed by atoms with Gasteiger partial charge in [0.25, 0.3) is 5.91 Å². The Labute approximate surface area is 207 Å². The number of nitrogens with zero attached hydrogens (tertiary/aromatic N) is 2. The number of benzene rings is 2. The van der Waals surface area contributed by atoms with E-state index >= 15 is 0 Å². The van der Waals surface area contributed by atoms with E-state index in [2.05, 4.69) is 17.3 Å². The van der Waals surface area contributed by atoms with Gasteiger partial charge in [0.05, 0.1) is 39.1 Å². The highest BCUT2D eigenvalue weighted by Crippen LogP contribution is 2.29. The van der Waals surface area contributed by atoms with Crippen LogP contribution in [0.1, 0.15) is 59.7 Å². The number of unbranched alkanes of at least 4 members (excludes halogenated alkanes) is 1. The van der Waals surface area contributed by atoms with Crippen molar-refractivity contribution in [3.05, 3.63) is 64.7 Å². The van der Waals surface area contributed by atoms with Gasteiger partial charge in [-0.3, -0.25) is 14.6 Å². The molecule has 4 rings (SSSR count). The smallest absolute Gasteiger partial charge is 0.306 e. The van der Waals surface area contributed by atoms with Crippen molar-refractivity contribution in [3.63, 3.8) is 0 Å². The van der Waals surface area contributed by atoms with Crippen LogP contribution in [0.3, 0.4) is 0 Å². The average Bonchev–Trinajstić information content (AvgIpc) is 2.88. The second kappa shape index (κ2) is 12.5. The number of esters is 1. The van der Waals surface area contributed by atoms with Crippen molar-refractivity contribution in [2.75, 3.05) is 38.2 Å². The lowest BCUT2D eigenvalue weighted by molar-refractivity contribution is -0.145. The lowest BCUT2D eigenvalue weighted by Crippen LogP contribution is -2.32. The largest absolute Gasteiger partial charge is 0.466 e. The van der Waals surface area contributed by atoms with E-state index in [1.807, 2.05) is 53.7 Å². The molecule has 0 bridgehead atoms. The first-order valence-corrected chi connectivity index (χ1v) is 12.7. The molecule has 1 N–H and O–H groups in total. The maximum absolute atomic E-state index is 12.8. The van der Waals surface area contributed by atoms with Gasteiger partial charge in [0.15, 0.2) is 0 Å². The zero-order valence-electron chi connectivity index (χ0n) is 20.5. The van der Waals surface area contributed by atoms with Gasteiger partial charge in [0.1, 0.15) is 0 Å².